The number of rotatable bonds is 5. The van der Waals surface area contributed by atoms with E-state index in [0.717, 1.165) is 36.1 Å². The number of piperidine rings is 1. The molecule has 5 nitrogen and oxygen atoms in total. The van der Waals surface area contributed by atoms with E-state index in [9.17, 15) is 4.79 Å². The van der Waals surface area contributed by atoms with Crippen LogP contribution in [-0.4, -0.2) is 41.8 Å². The van der Waals surface area contributed by atoms with Gasteiger partial charge in [-0.2, -0.15) is 0 Å². The Morgan fingerprint density at radius 3 is 3.17 bits per heavy atom. The maximum absolute atomic E-state index is 12.4. The normalized spacial score (nSPS) is 18.0. The molecule has 0 aliphatic carbocycles. The molecule has 3 heterocycles. The average molecular weight is 348 g/mol. The lowest BCUT2D eigenvalue weighted by Gasteiger charge is -2.32. The van der Waals surface area contributed by atoms with Crippen LogP contribution in [0.25, 0.3) is 0 Å². The van der Waals surface area contributed by atoms with E-state index in [4.69, 9.17) is 0 Å². The first kappa shape index (κ1) is 16.3. The topological polar surface area (TPSA) is 58.1 Å². The predicted octanol–water partition coefficient (Wildman–Crippen LogP) is 2.91. The number of nitrogens with zero attached hydrogens (tertiary/aromatic N) is 3. The summed E-state index contributed by atoms with van der Waals surface area (Å²) < 4.78 is 0. The summed E-state index contributed by atoms with van der Waals surface area (Å²) in [7, 11) is 0. The van der Waals surface area contributed by atoms with E-state index in [1.165, 1.54) is 11.8 Å². The number of thioether (sulfide) groups is 1. The number of hydrogen-bond donors (Lipinski definition) is 1. The number of aromatic nitrogens is 2. The van der Waals surface area contributed by atoms with Gasteiger partial charge in [0, 0.05) is 37.4 Å². The molecule has 0 bridgehead atoms. The minimum Gasteiger partial charge on any atom is -0.352 e. The highest BCUT2D eigenvalue weighted by Crippen LogP contribution is 2.24. The monoisotopic (exact) mass is 348 g/mol. The molecule has 1 atom stereocenters. The third-order valence-electron chi connectivity index (χ3n) is 3.97. The molecule has 2 aromatic heterocycles. The Hall–Kier alpha value is -1.60. The summed E-state index contributed by atoms with van der Waals surface area (Å²) >= 11 is 3.17. The van der Waals surface area contributed by atoms with Crippen molar-refractivity contribution in [1.82, 2.24) is 15.3 Å². The standard InChI is InChI=1S/C16H20N4OS2/c1-22-15-13(5-2-6-17-15)14(21)19-10-12-4-3-8-20(11-12)16-18-7-9-23-16/h2,5-7,9,12H,3-4,8,10-11H2,1H3,(H,19,21). The molecule has 7 heteroatoms. The smallest absolute Gasteiger partial charge is 0.254 e. The van der Waals surface area contributed by atoms with E-state index in [0.29, 0.717) is 18.0 Å². The van der Waals surface area contributed by atoms with Crippen molar-refractivity contribution in [2.75, 3.05) is 30.8 Å². The van der Waals surface area contributed by atoms with Gasteiger partial charge in [-0.15, -0.1) is 23.1 Å². The zero-order chi connectivity index (χ0) is 16.1. The summed E-state index contributed by atoms with van der Waals surface area (Å²) in [5.41, 5.74) is 0.660. The van der Waals surface area contributed by atoms with Crippen molar-refractivity contribution < 1.29 is 4.79 Å². The van der Waals surface area contributed by atoms with Crippen LogP contribution in [0.3, 0.4) is 0 Å². The van der Waals surface area contributed by atoms with E-state index >= 15 is 0 Å². The van der Waals surface area contributed by atoms with Crippen LogP contribution in [0.1, 0.15) is 23.2 Å². The van der Waals surface area contributed by atoms with Crippen molar-refractivity contribution in [3.63, 3.8) is 0 Å². The average Bonchev–Trinajstić information content (AvgIpc) is 3.14. The molecule has 23 heavy (non-hydrogen) atoms. The largest absolute Gasteiger partial charge is 0.352 e. The molecule has 1 unspecified atom stereocenters. The van der Waals surface area contributed by atoms with E-state index in [1.807, 2.05) is 23.9 Å². The lowest BCUT2D eigenvalue weighted by atomic mass is 9.98. The zero-order valence-corrected chi connectivity index (χ0v) is 14.7. The maximum Gasteiger partial charge on any atom is 0.254 e. The van der Waals surface area contributed by atoms with Crippen molar-refractivity contribution in [2.24, 2.45) is 5.92 Å². The Bertz CT molecular complexity index is 647. The van der Waals surface area contributed by atoms with Gasteiger partial charge in [-0.25, -0.2) is 9.97 Å². The number of carbonyl (C=O) groups excluding carboxylic acids is 1. The van der Waals surface area contributed by atoms with Gasteiger partial charge >= 0.3 is 0 Å². The minimum atomic E-state index is -0.0335. The SMILES string of the molecule is CSc1ncccc1C(=O)NCC1CCCN(c2nccs2)C1. The summed E-state index contributed by atoms with van der Waals surface area (Å²) in [6.45, 7) is 2.71. The first-order chi connectivity index (χ1) is 11.3. The van der Waals surface area contributed by atoms with Crippen LogP contribution in [0, 0.1) is 5.92 Å². The van der Waals surface area contributed by atoms with Crippen molar-refractivity contribution in [2.45, 2.75) is 17.9 Å². The molecule has 1 amide bonds. The van der Waals surface area contributed by atoms with Gasteiger partial charge in [-0.1, -0.05) is 0 Å². The maximum atomic E-state index is 12.4. The van der Waals surface area contributed by atoms with Gasteiger partial charge in [0.2, 0.25) is 0 Å². The Balaban J connectivity index is 1.56. The van der Waals surface area contributed by atoms with Crippen LogP contribution in [0.4, 0.5) is 5.13 Å². The Morgan fingerprint density at radius 2 is 2.39 bits per heavy atom. The van der Waals surface area contributed by atoms with Crippen molar-refractivity contribution in [3.05, 3.63) is 35.5 Å². The number of anilines is 1. The second-order valence-corrected chi connectivity index (χ2v) is 7.21. The summed E-state index contributed by atoms with van der Waals surface area (Å²) in [5, 5.41) is 6.94. The lowest BCUT2D eigenvalue weighted by molar-refractivity contribution is 0.0942. The van der Waals surface area contributed by atoms with Gasteiger partial charge < -0.3 is 10.2 Å². The number of carbonyl (C=O) groups is 1. The van der Waals surface area contributed by atoms with Gasteiger partial charge in [-0.3, -0.25) is 4.79 Å². The Morgan fingerprint density at radius 1 is 1.48 bits per heavy atom. The van der Waals surface area contributed by atoms with E-state index in [-0.39, 0.29) is 5.91 Å². The number of amides is 1. The summed E-state index contributed by atoms with van der Waals surface area (Å²) in [5.74, 6) is 0.430. The molecule has 3 rings (SSSR count). The highest BCUT2D eigenvalue weighted by atomic mass is 32.2. The zero-order valence-electron chi connectivity index (χ0n) is 13.1. The fourth-order valence-corrected chi connectivity index (χ4v) is 4.06. The summed E-state index contributed by atoms with van der Waals surface area (Å²) in [6.07, 6.45) is 7.78. The van der Waals surface area contributed by atoms with Gasteiger partial charge in [0.25, 0.3) is 5.91 Å². The van der Waals surface area contributed by atoms with Gasteiger partial charge in [0.05, 0.1) is 5.56 Å². The van der Waals surface area contributed by atoms with Crippen LogP contribution in [0.2, 0.25) is 0 Å². The van der Waals surface area contributed by atoms with Crippen molar-refractivity contribution >= 4 is 34.1 Å². The molecule has 1 N–H and O–H groups in total. The molecule has 122 valence electrons. The van der Waals surface area contributed by atoms with Crippen molar-refractivity contribution in [3.8, 4) is 0 Å². The fraction of sp³-hybridized carbons (Fsp3) is 0.438. The number of hydrogen-bond acceptors (Lipinski definition) is 6. The highest BCUT2D eigenvalue weighted by molar-refractivity contribution is 7.98. The Kier molecular flexibility index (Phi) is 5.51. The molecule has 1 fully saturated rings. The van der Waals surface area contributed by atoms with Crippen LogP contribution in [0.5, 0.6) is 0 Å². The van der Waals surface area contributed by atoms with Crippen LogP contribution < -0.4 is 10.2 Å². The minimum absolute atomic E-state index is 0.0335. The molecular weight excluding hydrogens is 328 g/mol. The molecule has 1 aliphatic heterocycles. The number of thiazole rings is 1. The first-order valence-corrected chi connectivity index (χ1v) is 9.80. The van der Waals surface area contributed by atoms with Gasteiger partial charge in [-0.05, 0) is 37.1 Å². The van der Waals surface area contributed by atoms with Crippen LogP contribution in [0.15, 0.2) is 34.9 Å². The summed E-state index contributed by atoms with van der Waals surface area (Å²) in [4.78, 5) is 23.3. The van der Waals surface area contributed by atoms with Gasteiger partial charge in [0.1, 0.15) is 5.03 Å². The Labute approximate surface area is 144 Å². The van der Waals surface area contributed by atoms with E-state index in [1.54, 1.807) is 23.6 Å². The first-order valence-electron chi connectivity index (χ1n) is 7.69. The van der Waals surface area contributed by atoms with Crippen LogP contribution in [-0.2, 0) is 0 Å². The lowest BCUT2D eigenvalue weighted by Crippen LogP contribution is -2.41. The molecule has 1 aliphatic rings. The van der Waals surface area contributed by atoms with E-state index in [2.05, 4.69) is 20.2 Å². The molecule has 0 saturated carbocycles. The predicted molar refractivity (Wildman–Crippen MR) is 95.4 cm³/mol. The number of nitrogens with one attached hydrogen (secondary N) is 1. The fourth-order valence-electron chi connectivity index (χ4n) is 2.84. The third kappa shape index (κ3) is 4.03. The van der Waals surface area contributed by atoms with Crippen molar-refractivity contribution in [1.29, 1.82) is 0 Å². The van der Waals surface area contributed by atoms with Gasteiger partial charge in [0.15, 0.2) is 5.13 Å². The molecule has 0 spiro atoms. The van der Waals surface area contributed by atoms with Crippen LogP contribution >= 0.6 is 23.1 Å². The molecule has 0 aromatic carbocycles. The molecular formula is C16H20N4OS2. The summed E-state index contributed by atoms with van der Waals surface area (Å²) in [6, 6.07) is 3.64. The molecule has 2 aromatic rings. The molecule has 1 saturated heterocycles. The third-order valence-corrected chi connectivity index (χ3v) is 5.51. The molecule has 0 radical (unpaired) electrons. The second kappa shape index (κ2) is 7.79. The quantitative estimate of drug-likeness (QED) is 0.842. The highest BCUT2D eigenvalue weighted by Gasteiger charge is 2.22. The van der Waals surface area contributed by atoms with E-state index < -0.39 is 0 Å². The second-order valence-electron chi connectivity index (χ2n) is 5.54. The number of pyridine rings is 1.